The van der Waals surface area contributed by atoms with Gasteiger partial charge in [-0.05, 0) is 63.6 Å². The Bertz CT molecular complexity index is 2030. The van der Waals surface area contributed by atoms with Crippen LogP contribution in [0.4, 0.5) is 13.2 Å². The molecule has 0 saturated carbocycles. The summed E-state index contributed by atoms with van der Waals surface area (Å²) in [5, 5.41) is 0. The van der Waals surface area contributed by atoms with Crippen molar-refractivity contribution < 1.29 is 22.8 Å². The molecule has 0 radical (unpaired) electrons. The highest BCUT2D eigenvalue weighted by atomic mass is 19.4. The summed E-state index contributed by atoms with van der Waals surface area (Å²) in [4.78, 5) is 39.4. The summed E-state index contributed by atoms with van der Waals surface area (Å²) in [5.41, 5.74) is 5.48. The number of aromatic nitrogens is 1. The lowest BCUT2D eigenvalue weighted by Crippen LogP contribution is -2.56. The Hall–Kier alpha value is -5.54. The maximum atomic E-state index is 14.7. The Kier molecular flexibility index (Phi) is 12.3. The molecule has 1 fully saturated rings. The number of halogens is 3. The Balaban J connectivity index is 1.31. The number of carbonyl (C=O) groups excluding carboxylic acids is 2. The van der Waals surface area contributed by atoms with Crippen LogP contribution in [0.15, 0.2) is 134 Å². The molecule has 6 nitrogen and oxygen atoms in total. The van der Waals surface area contributed by atoms with E-state index in [1.54, 1.807) is 11.1 Å². The highest BCUT2D eigenvalue weighted by molar-refractivity contribution is 5.96. The van der Waals surface area contributed by atoms with Gasteiger partial charge < -0.3 is 9.80 Å². The van der Waals surface area contributed by atoms with Crippen molar-refractivity contribution in [2.45, 2.75) is 57.9 Å². The van der Waals surface area contributed by atoms with Crippen LogP contribution in [-0.4, -0.2) is 63.7 Å². The topological polar surface area (TPSA) is 56.8 Å². The standard InChI is InChI=1S/C46H47F3N4O2/c1-45(2,3)39-21-16-35(17-22-39)31-42(44(55)52-29-27-51(28-30-52)32-36-9-5-4-6-10-36)53(33-37-12-19-38(20-13-37)41-11-7-8-26-50-41)43(54)25-18-34-14-23-40(24-15-34)46(47,48)49/h4-26,42H,27-33H2,1-3H3/t42-/m0/s1. The Labute approximate surface area is 321 Å². The Morgan fingerprint density at radius 1 is 0.727 bits per heavy atom. The predicted octanol–water partition coefficient (Wildman–Crippen LogP) is 9.06. The molecule has 9 heteroatoms. The lowest BCUT2D eigenvalue weighted by Gasteiger charge is -2.39. The minimum absolute atomic E-state index is 0.0558. The molecular formula is C46H47F3N4O2. The third-order valence-electron chi connectivity index (χ3n) is 10.1. The number of hydrogen-bond acceptors (Lipinski definition) is 4. The number of nitrogens with zero attached hydrogens (tertiary/aromatic N) is 4. The van der Waals surface area contributed by atoms with Gasteiger partial charge in [0.2, 0.25) is 11.8 Å². The minimum atomic E-state index is -4.47. The molecule has 1 atom stereocenters. The highest BCUT2D eigenvalue weighted by Crippen LogP contribution is 2.30. The van der Waals surface area contributed by atoms with Crippen LogP contribution in [0.5, 0.6) is 0 Å². The third kappa shape index (κ3) is 10.6. The molecule has 6 rings (SSSR count). The van der Waals surface area contributed by atoms with Gasteiger partial charge in [-0.1, -0.05) is 118 Å². The number of carbonyl (C=O) groups is 2. The predicted molar refractivity (Wildman–Crippen MR) is 212 cm³/mol. The fourth-order valence-electron chi connectivity index (χ4n) is 6.77. The largest absolute Gasteiger partial charge is 0.416 e. The molecule has 55 heavy (non-hydrogen) atoms. The average molecular weight is 745 g/mol. The number of pyridine rings is 1. The number of alkyl halides is 3. The molecule has 0 N–H and O–H groups in total. The van der Waals surface area contributed by atoms with Crippen LogP contribution in [0.25, 0.3) is 17.3 Å². The van der Waals surface area contributed by atoms with Gasteiger partial charge >= 0.3 is 6.18 Å². The first-order valence-electron chi connectivity index (χ1n) is 18.6. The van der Waals surface area contributed by atoms with Gasteiger partial charge in [-0.3, -0.25) is 19.5 Å². The van der Waals surface area contributed by atoms with Gasteiger partial charge in [-0.25, -0.2) is 0 Å². The Morgan fingerprint density at radius 2 is 1.35 bits per heavy atom. The number of piperazine rings is 1. The van der Waals surface area contributed by atoms with Crippen molar-refractivity contribution in [3.63, 3.8) is 0 Å². The lowest BCUT2D eigenvalue weighted by atomic mass is 9.86. The van der Waals surface area contributed by atoms with Crippen molar-refractivity contribution in [3.05, 3.63) is 167 Å². The van der Waals surface area contributed by atoms with E-state index in [1.807, 2.05) is 77.7 Å². The number of benzene rings is 4. The molecule has 2 heterocycles. The van der Waals surface area contributed by atoms with Crippen molar-refractivity contribution in [2.24, 2.45) is 0 Å². The van der Waals surface area contributed by atoms with E-state index in [-0.39, 0.29) is 17.9 Å². The summed E-state index contributed by atoms with van der Waals surface area (Å²) in [6.07, 6.45) is 0.414. The van der Waals surface area contributed by atoms with Crippen molar-refractivity contribution in [1.29, 1.82) is 0 Å². The summed E-state index contributed by atoms with van der Waals surface area (Å²) in [5.74, 6) is -0.554. The molecule has 0 bridgehead atoms. The van der Waals surface area contributed by atoms with Gasteiger partial charge in [0.25, 0.3) is 0 Å². The van der Waals surface area contributed by atoms with E-state index >= 15 is 0 Å². The molecule has 2 amide bonds. The molecule has 284 valence electrons. The zero-order valence-electron chi connectivity index (χ0n) is 31.5. The van der Waals surface area contributed by atoms with E-state index in [1.165, 1.54) is 29.8 Å². The first-order valence-corrected chi connectivity index (χ1v) is 18.6. The summed E-state index contributed by atoms with van der Waals surface area (Å²) >= 11 is 0. The van der Waals surface area contributed by atoms with E-state index in [9.17, 15) is 22.8 Å². The van der Waals surface area contributed by atoms with Gasteiger partial charge in [0.1, 0.15) is 6.04 Å². The van der Waals surface area contributed by atoms with Gasteiger partial charge in [0.05, 0.1) is 11.3 Å². The normalized spacial score (nSPS) is 14.5. The fraction of sp³-hybridized carbons (Fsp3) is 0.283. The van der Waals surface area contributed by atoms with Crippen molar-refractivity contribution >= 4 is 17.9 Å². The number of hydrogen-bond donors (Lipinski definition) is 0. The van der Waals surface area contributed by atoms with E-state index < -0.39 is 23.7 Å². The van der Waals surface area contributed by atoms with Crippen LogP contribution >= 0.6 is 0 Å². The zero-order chi connectivity index (χ0) is 39.0. The second-order valence-electron chi connectivity index (χ2n) is 15.1. The summed E-state index contributed by atoms with van der Waals surface area (Å²) in [6.45, 7) is 9.82. The van der Waals surface area contributed by atoms with E-state index in [2.05, 4.69) is 54.9 Å². The summed E-state index contributed by atoms with van der Waals surface area (Å²) < 4.78 is 39.7. The number of rotatable bonds is 11. The first-order chi connectivity index (χ1) is 26.3. The van der Waals surface area contributed by atoms with Gasteiger partial charge in [-0.2, -0.15) is 13.2 Å². The van der Waals surface area contributed by atoms with E-state index in [0.717, 1.165) is 46.6 Å². The number of amides is 2. The molecule has 0 unspecified atom stereocenters. The van der Waals surface area contributed by atoms with Gasteiger partial charge in [-0.15, -0.1) is 0 Å². The van der Waals surface area contributed by atoms with Gasteiger partial charge in [0, 0.05) is 63.5 Å². The van der Waals surface area contributed by atoms with Crippen molar-refractivity contribution in [3.8, 4) is 11.3 Å². The van der Waals surface area contributed by atoms with Gasteiger partial charge in [0.15, 0.2) is 0 Å². The minimum Gasteiger partial charge on any atom is -0.338 e. The third-order valence-corrected chi connectivity index (χ3v) is 10.1. The lowest BCUT2D eigenvalue weighted by molar-refractivity contribution is -0.145. The zero-order valence-corrected chi connectivity index (χ0v) is 31.5. The monoisotopic (exact) mass is 744 g/mol. The smallest absolute Gasteiger partial charge is 0.338 e. The van der Waals surface area contributed by atoms with Crippen molar-refractivity contribution in [2.75, 3.05) is 26.2 Å². The molecule has 5 aromatic rings. The second kappa shape index (κ2) is 17.3. The summed E-state index contributed by atoms with van der Waals surface area (Å²) in [7, 11) is 0. The fourth-order valence-corrected chi connectivity index (χ4v) is 6.77. The van der Waals surface area contributed by atoms with Crippen LogP contribution in [0, 0.1) is 0 Å². The molecule has 4 aromatic carbocycles. The van der Waals surface area contributed by atoms with Crippen LogP contribution in [-0.2, 0) is 40.7 Å². The maximum Gasteiger partial charge on any atom is 0.416 e. The van der Waals surface area contributed by atoms with Crippen LogP contribution in [0.3, 0.4) is 0 Å². The van der Waals surface area contributed by atoms with Crippen molar-refractivity contribution in [1.82, 2.24) is 19.7 Å². The molecule has 0 spiro atoms. The van der Waals surface area contributed by atoms with Crippen LogP contribution in [0.1, 0.15) is 54.2 Å². The molecule has 1 aliphatic rings. The highest BCUT2D eigenvalue weighted by Gasteiger charge is 2.34. The molecule has 1 aromatic heterocycles. The van der Waals surface area contributed by atoms with Crippen LogP contribution < -0.4 is 0 Å². The summed E-state index contributed by atoms with van der Waals surface area (Å²) in [6, 6.07) is 35.8. The maximum absolute atomic E-state index is 14.7. The van der Waals surface area contributed by atoms with E-state index in [4.69, 9.17) is 0 Å². The molecule has 0 aliphatic carbocycles. The second-order valence-corrected chi connectivity index (χ2v) is 15.1. The van der Waals surface area contributed by atoms with E-state index in [0.29, 0.717) is 38.2 Å². The average Bonchev–Trinajstić information content (AvgIpc) is 3.19. The Morgan fingerprint density at radius 3 is 1.95 bits per heavy atom. The molecular weight excluding hydrogens is 698 g/mol. The SMILES string of the molecule is CC(C)(C)c1ccc(C[C@@H](C(=O)N2CCN(Cc3ccccc3)CC2)N(Cc2ccc(-c3ccccn3)cc2)C(=O)C=Cc2ccc(C(F)(F)F)cc2)cc1. The van der Waals surface area contributed by atoms with Crippen LogP contribution in [0.2, 0.25) is 0 Å². The quantitative estimate of drug-likeness (QED) is 0.127. The molecule has 1 aliphatic heterocycles. The first kappa shape index (κ1) is 39.2. The molecule has 1 saturated heterocycles.